The molecule has 2 amide bonds. The van der Waals surface area contributed by atoms with Gasteiger partial charge in [0.1, 0.15) is 0 Å². The van der Waals surface area contributed by atoms with Gasteiger partial charge >= 0.3 is 0 Å². The Kier molecular flexibility index (Phi) is 2.09. The van der Waals surface area contributed by atoms with Gasteiger partial charge in [-0.25, -0.2) is 4.90 Å². The highest BCUT2D eigenvalue weighted by molar-refractivity contribution is 6.26. The first-order valence-electron chi connectivity index (χ1n) is 3.99. The van der Waals surface area contributed by atoms with Crippen LogP contribution in [0.25, 0.3) is 0 Å². The van der Waals surface area contributed by atoms with Crippen molar-refractivity contribution >= 4 is 23.4 Å². The van der Waals surface area contributed by atoms with E-state index in [1.807, 2.05) is 0 Å². The number of carbonyl (C=O) groups is 2. The van der Waals surface area contributed by atoms with Crippen LogP contribution in [-0.2, 0) is 0 Å². The van der Waals surface area contributed by atoms with Crippen molar-refractivity contribution in [1.29, 1.82) is 0 Å². The summed E-state index contributed by atoms with van der Waals surface area (Å²) in [5, 5.41) is 0. The lowest BCUT2D eigenvalue weighted by atomic mass is 10.1. The SMILES string of the molecule is O=C1c2ccccc2C(=O)N1C=CCl. The van der Waals surface area contributed by atoms with Gasteiger partial charge in [-0.3, -0.25) is 9.59 Å². The van der Waals surface area contributed by atoms with Gasteiger partial charge in [-0.05, 0) is 12.1 Å². The first kappa shape index (κ1) is 8.97. The molecule has 0 saturated carbocycles. The van der Waals surface area contributed by atoms with E-state index in [0.29, 0.717) is 11.1 Å². The third-order valence-corrected chi connectivity index (χ3v) is 2.14. The zero-order valence-electron chi connectivity index (χ0n) is 7.11. The maximum atomic E-state index is 11.6. The highest BCUT2D eigenvalue weighted by atomic mass is 35.5. The molecule has 0 spiro atoms. The summed E-state index contributed by atoms with van der Waals surface area (Å²) in [5.74, 6) is -0.662. The van der Waals surface area contributed by atoms with Gasteiger partial charge in [0.15, 0.2) is 0 Å². The molecule has 14 heavy (non-hydrogen) atoms. The molecule has 1 aromatic rings. The molecule has 0 saturated heterocycles. The third kappa shape index (κ3) is 1.14. The van der Waals surface area contributed by atoms with E-state index in [-0.39, 0.29) is 11.8 Å². The third-order valence-electron chi connectivity index (χ3n) is 2.03. The lowest BCUT2D eigenvalue weighted by Crippen LogP contribution is -2.23. The van der Waals surface area contributed by atoms with Crippen LogP contribution in [0.1, 0.15) is 20.7 Å². The number of benzene rings is 1. The highest BCUT2D eigenvalue weighted by Gasteiger charge is 2.33. The first-order valence-corrected chi connectivity index (χ1v) is 4.43. The van der Waals surface area contributed by atoms with Crippen molar-refractivity contribution in [2.24, 2.45) is 0 Å². The molecule has 1 aliphatic rings. The summed E-state index contributed by atoms with van der Waals surface area (Å²) in [5.41, 5.74) is 1.99. The van der Waals surface area contributed by atoms with E-state index in [1.54, 1.807) is 24.3 Å². The highest BCUT2D eigenvalue weighted by Crippen LogP contribution is 2.22. The number of rotatable bonds is 1. The number of halogens is 1. The Morgan fingerprint density at radius 1 is 1.07 bits per heavy atom. The summed E-state index contributed by atoms with van der Waals surface area (Å²) in [6.45, 7) is 0. The van der Waals surface area contributed by atoms with Gasteiger partial charge in [-0.1, -0.05) is 23.7 Å². The predicted molar refractivity (Wildman–Crippen MR) is 51.9 cm³/mol. The van der Waals surface area contributed by atoms with Crippen LogP contribution in [0, 0.1) is 0 Å². The van der Waals surface area contributed by atoms with E-state index in [9.17, 15) is 9.59 Å². The zero-order chi connectivity index (χ0) is 10.1. The molecule has 0 radical (unpaired) electrons. The number of fused-ring (bicyclic) bond motifs is 1. The minimum Gasteiger partial charge on any atom is -0.268 e. The smallest absolute Gasteiger partial charge is 0.265 e. The van der Waals surface area contributed by atoms with E-state index in [1.165, 1.54) is 6.20 Å². The van der Waals surface area contributed by atoms with Gasteiger partial charge in [0, 0.05) is 11.7 Å². The summed E-state index contributed by atoms with van der Waals surface area (Å²) in [6, 6.07) is 6.69. The van der Waals surface area contributed by atoms with E-state index in [4.69, 9.17) is 11.6 Å². The molecular weight excluding hydrogens is 202 g/mol. The second-order valence-corrected chi connectivity index (χ2v) is 3.05. The van der Waals surface area contributed by atoms with Crippen molar-refractivity contribution < 1.29 is 9.59 Å². The molecule has 0 unspecified atom stereocenters. The van der Waals surface area contributed by atoms with Crippen LogP contribution in [0.2, 0.25) is 0 Å². The number of nitrogens with zero attached hydrogens (tertiary/aromatic N) is 1. The predicted octanol–water partition coefficient (Wildman–Crippen LogP) is 1.99. The first-order chi connectivity index (χ1) is 6.75. The monoisotopic (exact) mass is 207 g/mol. The molecule has 1 heterocycles. The van der Waals surface area contributed by atoms with Crippen LogP contribution >= 0.6 is 11.6 Å². The molecule has 0 bridgehead atoms. The Morgan fingerprint density at radius 3 is 2.00 bits per heavy atom. The Labute approximate surface area is 85.6 Å². The van der Waals surface area contributed by atoms with E-state index in [2.05, 4.69) is 0 Å². The van der Waals surface area contributed by atoms with Crippen LogP contribution in [0.4, 0.5) is 0 Å². The quantitative estimate of drug-likeness (QED) is 0.661. The molecule has 0 fully saturated rings. The second-order valence-electron chi connectivity index (χ2n) is 2.80. The van der Waals surface area contributed by atoms with Crippen molar-refractivity contribution in [2.45, 2.75) is 0 Å². The van der Waals surface area contributed by atoms with Gasteiger partial charge in [0.05, 0.1) is 11.1 Å². The van der Waals surface area contributed by atoms with E-state index >= 15 is 0 Å². The topological polar surface area (TPSA) is 37.4 Å². The minimum absolute atomic E-state index is 0.331. The standard InChI is InChI=1S/C10H6ClNO2/c11-5-6-12-9(13)7-3-1-2-4-8(7)10(12)14/h1-6H. The molecule has 0 aliphatic carbocycles. The van der Waals surface area contributed by atoms with Gasteiger partial charge in [0.2, 0.25) is 0 Å². The number of imide groups is 1. The average Bonchev–Trinajstić information content (AvgIpc) is 2.45. The fourth-order valence-electron chi connectivity index (χ4n) is 1.40. The Bertz CT molecular complexity index is 405. The van der Waals surface area contributed by atoms with Crippen molar-refractivity contribution in [3.63, 3.8) is 0 Å². The van der Waals surface area contributed by atoms with Gasteiger partial charge in [-0.15, -0.1) is 0 Å². The normalized spacial score (nSPS) is 15.4. The molecular formula is C10H6ClNO2. The molecule has 2 rings (SSSR count). The number of carbonyl (C=O) groups excluding carboxylic acids is 2. The summed E-state index contributed by atoms with van der Waals surface area (Å²) in [7, 11) is 0. The van der Waals surface area contributed by atoms with Gasteiger partial charge < -0.3 is 0 Å². The minimum atomic E-state index is -0.331. The van der Waals surface area contributed by atoms with Crippen LogP contribution < -0.4 is 0 Å². The van der Waals surface area contributed by atoms with Crippen molar-refractivity contribution in [3.8, 4) is 0 Å². The lowest BCUT2D eigenvalue weighted by molar-refractivity contribution is 0.0722. The number of hydrogen-bond acceptors (Lipinski definition) is 2. The summed E-state index contributed by atoms with van der Waals surface area (Å²) < 4.78 is 0. The molecule has 0 aromatic heterocycles. The molecule has 1 aliphatic heterocycles. The molecule has 70 valence electrons. The second kappa shape index (κ2) is 3.27. The molecule has 3 nitrogen and oxygen atoms in total. The summed E-state index contributed by atoms with van der Waals surface area (Å²) in [4.78, 5) is 24.2. The van der Waals surface area contributed by atoms with E-state index in [0.717, 1.165) is 10.4 Å². The van der Waals surface area contributed by atoms with Crippen molar-refractivity contribution in [3.05, 3.63) is 47.1 Å². The van der Waals surface area contributed by atoms with Crippen LogP contribution in [0.5, 0.6) is 0 Å². The van der Waals surface area contributed by atoms with Crippen molar-refractivity contribution in [2.75, 3.05) is 0 Å². The summed E-state index contributed by atoms with van der Waals surface area (Å²) in [6.07, 6.45) is 1.26. The Morgan fingerprint density at radius 2 is 1.57 bits per heavy atom. The average molecular weight is 208 g/mol. The van der Waals surface area contributed by atoms with Gasteiger partial charge in [-0.2, -0.15) is 0 Å². The number of amides is 2. The van der Waals surface area contributed by atoms with Crippen LogP contribution in [-0.4, -0.2) is 16.7 Å². The Hall–Kier alpha value is -1.61. The molecule has 1 aromatic carbocycles. The largest absolute Gasteiger partial charge is 0.268 e. The fraction of sp³-hybridized carbons (Fsp3) is 0. The van der Waals surface area contributed by atoms with Crippen molar-refractivity contribution in [1.82, 2.24) is 4.90 Å². The van der Waals surface area contributed by atoms with E-state index < -0.39 is 0 Å². The number of hydrogen-bond donors (Lipinski definition) is 0. The maximum Gasteiger partial charge on any atom is 0.265 e. The fourth-order valence-corrected chi connectivity index (χ4v) is 1.51. The maximum absolute atomic E-state index is 11.6. The molecule has 0 N–H and O–H groups in total. The van der Waals surface area contributed by atoms with Gasteiger partial charge in [0.25, 0.3) is 11.8 Å². The molecule has 4 heteroatoms. The zero-order valence-corrected chi connectivity index (χ0v) is 7.86. The Balaban J connectivity index is 2.53. The molecule has 0 atom stereocenters. The van der Waals surface area contributed by atoms with Crippen LogP contribution in [0.15, 0.2) is 36.0 Å². The lowest BCUT2D eigenvalue weighted by Gasteiger charge is -2.04. The van der Waals surface area contributed by atoms with Crippen LogP contribution in [0.3, 0.4) is 0 Å². The summed E-state index contributed by atoms with van der Waals surface area (Å²) >= 11 is 5.33.